The molecule has 1 saturated heterocycles. The van der Waals surface area contributed by atoms with E-state index in [4.69, 9.17) is 10.0 Å². The van der Waals surface area contributed by atoms with Crippen LogP contribution in [0.3, 0.4) is 0 Å². The molecule has 7 heteroatoms. The zero-order valence-electron chi connectivity index (χ0n) is 9.99. The Hall–Kier alpha value is -0.885. The van der Waals surface area contributed by atoms with E-state index >= 15 is 0 Å². The van der Waals surface area contributed by atoms with Crippen LogP contribution in [-0.4, -0.2) is 55.1 Å². The van der Waals surface area contributed by atoms with Gasteiger partial charge in [0.15, 0.2) is 9.84 Å². The first kappa shape index (κ1) is 13.5. The van der Waals surface area contributed by atoms with Crippen molar-refractivity contribution in [2.45, 2.75) is 6.54 Å². The number of nitrogens with zero attached hydrogens (tertiary/aromatic N) is 1. The minimum absolute atomic E-state index is 0.223. The normalized spacial score (nSPS) is 19.7. The molecular formula is C11H16BNO4S. The standard InChI is InChI=1S/C11H16BNO4S/c14-12(15)11-3-1-10(2-4-11)9-13-5-7-18(16,17)8-6-13/h1-4,14-15H,5-9H2. The molecule has 98 valence electrons. The van der Waals surface area contributed by atoms with Crippen LogP contribution < -0.4 is 5.46 Å². The molecule has 1 heterocycles. The third-order valence-corrected chi connectivity index (χ3v) is 4.73. The molecule has 0 aromatic heterocycles. The molecule has 0 radical (unpaired) electrons. The molecular weight excluding hydrogens is 253 g/mol. The van der Waals surface area contributed by atoms with E-state index in [1.807, 2.05) is 12.1 Å². The fourth-order valence-electron chi connectivity index (χ4n) is 1.96. The minimum atomic E-state index is -2.83. The van der Waals surface area contributed by atoms with Crippen molar-refractivity contribution in [1.82, 2.24) is 4.90 Å². The number of hydrogen-bond acceptors (Lipinski definition) is 5. The van der Waals surface area contributed by atoms with E-state index in [9.17, 15) is 8.42 Å². The SMILES string of the molecule is O=S1(=O)CCN(Cc2ccc(B(O)O)cc2)CC1. The summed E-state index contributed by atoms with van der Waals surface area (Å²) in [6.45, 7) is 1.82. The predicted molar refractivity (Wildman–Crippen MR) is 70.2 cm³/mol. The van der Waals surface area contributed by atoms with E-state index in [2.05, 4.69) is 4.90 Å². The zero-order chi connectivity index (χ0) is 13.2. The summed E-state index contributed by atoms with van der Waals surface area (Å²) in [5, 5.41) is 17.9. The molecule has 1 aliphatic heterocycles. The summed E-state index contributed by atoms with van der Waals surface area (Å²) in [5.74, 6) is 0.445. The highest BCUT2D eigenvalue weighted by Gasteiger charge is 2.21. The molecule has 1 fully saturated rings. The van der Waals surface area contributed by atoms with Crippen molar-refractivity contribution in [3.8, 4) is 0 Å². The van der Waals surface area contributed by atoms with Gasteiger partial charge in [-0.2, -0.15) is 0 Å². The summed E-state index contributed by atoms with van der Waals surface area (Å²) in [7, 11) is -4.28. The van der Waals surface area contributed by atoms with Gasteiger partial charge in [0.05, 0.1) is 11.5 Å². The van der Waals surface area contributed by atoms with Gasteiger partial charge in [0, 0.05) is 19.6 Å². The molecule has 0 saturated carbocycles. The summed E-state index contributed by atoms with van der Waals surface area (Å²) < 4.78 is 22.6. The van der Waals surface area contributed by atoms with E-state index in [0.29, 0.717) is 25.1 Å². The first-order chi connectivity index (χ1) is 8.46. The molecule has 1 aromatic rings. The largest absolute Gasteiger partial charge is 0.488 e. The monoisotopic (exact) mass is 269 g/mol. The second-order valence-corrected chi connectivity index (χ2v) is 6.85. The smallest absolute Gasteiger partial charge is 0.423 e. The van der Waals surface area contributed by atoms with E-state index in [-0.39, 0.29) is 11.5 Å². The third-order valence-electron chi connectivity index (χ3n) is 3.12. The van der Waals surface area contributed by atoms with Gasteiger partial charge in [-0.3, -0.25) is 4.90 Å². The summed E-state index contributed by atoms with van der Waals surface area (Å²) in [6, 6.07) is 7.00. The maximum absolute atomic E-state index is 11.3. The lowest BCUT2D eigenvalue weighted by Crippen LogP contribution is -2.39. The molecule has 1 aromatic carbocycles. The topological polar surface area (TPSA) is 77.8 Å². The highest BCUT2D eigenvalue weighted by Crippen LogP contribution is 2.09. The van der Waals surface area contributed by atoms with Gasteiger partial charge in [0.1, 0.15) is 0 Å². The van der Waals surface area contributed by atoms with Crippen molar-refractivity contribution in [2.75, 3.05) is 24.6 Å². The molecule has 1 aliphatic rings. The van der Waals surface area contributed by atoms with Gasteiger partial charge in [-0.25, -0.2) is 8.42 Å². The maximum Gasteiger partial charge on any atom is 0.488 e. The Balaban J connectivity index is 1.94. The highest BCUT2D eigenvalue weighted by molar-refractivity contribution is 7.91. The Morgan fingerprint density at radius 2 is 1.67 bits per heavy atom. The van der Waals surface area contributed by atoms with Crippen LogP contribution in [0.2, 0.25) is 0 Å². The van der Waals surface area contributed by atoms with E-state index in [1.54, 1.807) is 12.1 Å². The number of sulfone groups is 1. The van der Waals surface area contributed by atoms with Crippen molar-refractivity contribution < 1.29 is 18.5 Å². The Kier molecular flexibility index (Phi) is 4.06. The fraction of sp³-hybridized carbons (Fsp3) is 0.455. The Morgan fingerprint density at radius 1 is 1.11 bits per heavy atom. The number of rotatable bonds is 3. The average molecular weight is 269 g/mol. The molecule has 5 nitrogen and oxygen atoms in total. The minimum Gasteiger partial charge on any atom is -0.423 e. The molecule has 0 bridgehead atoms. The lowest BCUT2D eigenvalue weighted by molar-refractivity contribution is 0.287. The van der Waals surface area contributed by atoms with Crippen LogP contribution in [0.5, 0.6) is 0 Å². The second-order valence-electron chi connectivity index (χ2n) is 4.54. The maximum atomic E-state index is 11.3. The van der Waals surface area contributed by atoms with Crippen molar-refractivity contribution in [3.05, 3.63) is 29.8 Å². The molecule has 2 N–H and O–H groups in total. The summed E-state index contributed by atoms with van der Waals surface area (Å²) >= 11 is 0. The van der Waals surface area contributed by atoms with E-state index < -0.39 is 17.0 Å². The van der Waals surface area contributed by atoms with Crippen LogP contribution in [0.25, 0.3) is 0 Å². The molecule has 0 unspecified atom stereocenters. The van der Waals surface area contributed by atoms with E-state index in [1.165, 1.54) is 0 Å². The van der Waals surface area contributed by atoms with Crippen molar-refractivity contribution >= 4 is 22.4 Å². The van der Waals surface area contributed by atoms with Crippen LogP contribution in [0.4, 0.5) is 0 Å². The Bertz CT molecular complexity index is 486. The van der Waals surface area contributed by atoms with Gasteiger partial charge in [-0.05, 0) is 11.0 Å². The Labute approximate surface area is 107 Å². The summed E-state index contributed by atoms with van der Waals surface area (Å²) in [5.41, 5.74) is 1.50. The summed E-state index contributed by atoms with van der Waals surface area (Å²) in [6.07, 6.45) is 0. The molecule has 18 heavy (non-hydrogen) atoms. The van der Waals surface area contributed by atoms with Gasteiger partial charge in [-0.15, -0.1) is 0 Å². The van der Waals surface area contributed by atoms with Crippen molar-refractivity contribution in [1.29, 1.82) is 0 Å². The molecule has 0 atom stereocenters. The van der Waals surface area contributed by atoms with Crippen LogP contribution in [0, 0.1) is 0 Å². The van der Waals surface area contributed by atoms with Gasteiger partial charge in [0.2, 0.25) is 0 Å². The first-order valence-corrected chi connectivity index (χ1v) is 7.66. The first-order valence-electron chi connectivity index (χ1n) is 5.84. The van der Waals surface area contributed by atoms with Crippen molar-refractivity contribution in [3.63, 3.8) is 0 Å². The van der Waals surface area contributed by atoms with Crippen molar-refractivity contribution in [2.24, 2.45) is 0 Å². The fourth-order valence-corrected chi connectivity index (χ4v) is 3.24. The highest BCUT2D eigenvalue weighted by atomic mass is 32.2. The van der Waals surface area contributed by atoms with Crippen LogP contribution in [0.1, 0.15) is 5.56 Å². The molecule has 0 aliphatic carbocycles. The number of benzene rings is 1. The van der Waals surface area contributed by atoms with Crippen LogP contribution in [-0.2, 0) is 16.4 Å². The molecule has 0 amide bonds. The summed E-state index contributed by atoms with van der Waals surface area (Å²) in [4.78, 5) is 2.09. The zero-order valence-corrected chi connectivity index (χ0v) is 10.8. The lowest BCUT2D eigenvalue weighted by atomic mass is 9.80. The second kappa shape index (κ2) is 5.40. The van der Waals surface area contributed by atoms with Crippen LogP contribution in [0.15, 0.2) is 24.3 Å². The van der Waals surface area contributed by atoms with Gasteiger partial charge < -0.3 is 10.0 Å². The van der Waals surface area contributed by atoms with Gasteiger partial charge in [0.25, 0.3) is 0 Å². The van der Waals surface area contributed by atoms with Gasteiger partial charge >= 0.3 is 7.12 Å². The number of hydrogen-bond donors (Lipinski definition) is 2. The quantitative estimate of drug-likeness (QED) is 0.660. The molecule has 2 rings (SSSR count). The lowest BCUT2D eigenvalue weighted by Gasteiger charge is -2.26. The predicted octanol–water partition coefficient (Wildman–Crippen LogP) is -1.40. The third kappa shape index (κ3) is 3.55. The van der Waals surface area contributed by atoms with Crippen LogP contribution >= 0.6 is 0 Å². The average Bonchev–Trinajstić information content (AvgIpc) is 2.33. The van der Waals surface area contributed by atoms with Gasteiger partial charge in [-0.1, -0.05) is 24.3 Å². The Morgan fingerprint density at radius 3 is 2.17 bits per heavy atom. The van der Waals surface area contributed by atoms with E-state index in [0.717, 1.165) is 5.56 Å². The molecule has 0 spiro atoms.